The van der Waals surface area contributed by atoms with E-state index in [2.05, 4.69) is 0 Å². The topological polar surface area (TPSA) is 43.1 Å². The van der Waals surface area contributed by atoms with Crippen LogP contribution in [0.1, 0.15) is 29.8 Å². The van der Waals surface area contributed by atoms with Gasteiger partial charge in [0.1, 0.15) is 0 Å². The average molecular weight is 177 g/mol. The number of Topliss-reactive ketones (excluding diaryl/α,β-unsaturated/α-hetero) is 1. The lowest BCUT2D eigenvalue weighted by atomic mass is 9.97. The van der Waals surface area contributed by atoms with Crippen LogP contribution in [0.15, 0.2) is 18.2 Å². The third kappa shape index (κ3) is 2.08. The van der Waals surface area contributed by atoms with Gasteiger partial charge in [-0.25, -0.2) is 0 Å². The standard InChI is InChI=1S/C11H15NO/c1-7(2)11(13)10-5-4-9(12)6-8(10)3/h4-7H,12H2,1-3H3. The zero-order valence-electron chi connectivity index (χ0n) is 8.29. The molecule has 0 unspecified atom stereocenters. The molecule has 0 amide bonds. The number of hydrogen-bond donors (Lipinski definition) is 1. The molecule has 0 fully saturated rings. The summed E-state index contributed by atoms with van der Waals surface area (Å²) in [4.78, 5) is 11.6. The predicted octanol–water partition coefficient (Wildman–Crippen LogP) is 2.42. The molecule has 0 saturated carbocycles. The first-order valence-electron chi connectivity index (χ1n) is 4.42. The van der Waals surface area contributed by atoms with Crippen molar-refractivity contribution >= 4 is 11.5 Å². The van der Waals surface area contributed by atoms with Gasteiger partial charge in [0.05, 0.1) is 0 Å². The van der Waals surface area contributed by atoms with E-state index in [1.807, 2.05) is 26.8 Å². The number of nitrogens with two attached hydrogens (primary N) is 1. The lowest BCUT2D eigenvalue weighted by Gasteiger charge is -2.07. The number of nitrogen functional groups attached to an aromatic ring is 1. The normalized spacial score (nSPS) is 10.5. The number of anilines is 1. The van der Waals surface area contributed by atoms with Crippen molar-refractivity contribution in [3.05, 3.63) is 29.3 Å². The maximum Gasteiger partial charge on any atom is 0.165 e. The molecule has 0 aliphatic heterocycles. The fourth-order valence-corrected chi connectivity index (χ4v) is 1.27. The minimum atomic E-state index is 0.0438. The lowest BCUT2D eigenvalue weighted by molar-refractivity contribution is 0.0939. The Balaban J connectivity index is 3.09. The number of benzene rings is 1. The first-order chi connectivity index (χ1) is 6.02. The van der Waals surface area contributed by atoms with Crippen LogP contribution in [-0.2, 0) is 0 Å². The van der Waals surface area contributed by atoms with Crippen molar-refractivity contribution in [3.8, 4) is 0 Å². The predicted molar refractivity (Wildman–Crippen MR) is 54.8 cm³/mol. The van der Waals surface area contributed by atoms with Gasteiger partial charge in [-0.1, -0.05) is 13.8 Å². The van der Waals surface area contributed by atoms with E-state index in [1.54, 1.807) is 12.1 Å². The first kappa shape index (κ1) is 9.78. The van der Waals surface area contributed by atoms with Gasteiger partial charge in [0.25, 0.3) is 0 Å². The summed E-state index contributed by atoms with van der Waals surface area (Å²) in [5.41, 5.74) is 8.04. The molecule has 0 bridgehead atoms. The number of aryl methyl sites for hydroxylation is 1. The fraction of sp³-hybridized carbons (Fsp3) is 0.364. The van der Waals surface area contributed by atoms with Gasteiger partial charge >= 0.3 is 0 Å². The molecule has 0 heterocycles. The van der Waals surface area contributed by atoms with Gasteiger partial charge in [-0.05, 0) is 30.7 Å². The molecule has 1 rings (SSSR count). The monoisotopic (exact) mass is 177 g/mol. The highest BCUT2D eigenvalue weighted by molar-refractivity contribution is 5.99. The maximum absolute atomic E-state index is 11.6. The number of ketones is 1. The van der Waals surface area contributed by atoms with Crippen LogP contribution in [-0.4, -0.2) is 5.78 Å². The van der Waals surface area contributed by atoms with E-state index in [4.69, 9.17) is 5.73 Å². The zero-order valence-corrected chi connectivity index (χ0v) is 8.29. The largest absolute Gasteiger partial charge is 0.399 e. The molecule has 70 valence electrons. The number of hydrogen-bond acceptors (Lipinski definition) is 2. The third-order valence-corrected chi connectivity index (χ3v) is 2.04. The molecule has 2 heteroatoms. The third-order valence-electron chi connectivity index (χ3n) is 2.04. The van der Waals surface area contributed by atoms with E-state index < -0.39 is 0 Å². The van der Waals surface area contributed by atoms with Crippen LogP contribution in [0.5, 0.6) is 0 Å². The van der Waals surface area contributed by atoms with Gasteiger partial charge in [0.2, 0.25) is 0 Å². The van der Waals surface area contributed by atoms with Crippen molar-refractivity contribution in [2.45, 2.75) is 20.8 Å². The summed E-state index contributed by atoms with van der Waals surface area (Å²) in [7, 11) is 0. The highest BCUT2D eigenvalue weighted by atomic mass is 16.1. The number of carbonyl (C=O) groups is 1. The molecule has 0 radical (unpaired) electrons. The van der Waals surface area contributed by atoms with Crippen molar-refractivity contribution in [2.75, 3.05) is 5.73 Å². The summed E-state index contributed by atoms with van der Waals surface area (Å²) in [6, 6.07) is 5.39. The summed E-state index contributed by atoms with van der Waals surface area (Å²) in [6.07, 6.45) is 0. The molecule has 0 saturated heterocycles. The van der Waals surface area contributed by atoms with E-state index in [9.17, 15) is 4.79 Å². The summed E-state index contributed by atoms with van der Waals surface area (Å²) < 4.78 is 0. The molecule has 2 N–H and O–H groups in total. The second-order valence-electron chi connectivity index (χ2n) is 3.59. The van der Waals surface area contributed by atoms with Gasteiger partial charge in [-0.15, -0.1) is 0 Å². The minimum absolute atomic E-state index is 0.0438. The molecule has 1 aromatic carbocycles. The molecule has 0 aromatic heterocycles. The van der Waals surface area contributed by atoms with Crippen LogP contribution in [0.25, 0.3) is 0 Å². The van der Waals surface area contributed by atoms with Crippen LogP contribution in [0.4, 0.5) is 5.69 Å². The molecule has 13 heavy (non-hydrogen) atoms. The van der Waals surface area contributed by atoms with E-state index in [-0.39, 0.29) is 11.7 Å². The Hall–Kier alpha value is -1.31. The molecule has 1 aromatic rings. The molecule has 0 atom stereocenters. The second kappa shape index (κ2) is 3.60. The van der Waals surface area contributed by atoms with Gasteiger partial charge in [-0.2, -0.15) is 0 Å². The van der Waals surface area contributed by atoms with Gasteiger partial charge in [0.15, 0.2) is 5.78 Å². The van der Waals surface area contributed by atoms with E-state index in [0.717, 1.165) is 11.1 Å². The summed E-state index contributed by atoms with van der Waals surface area (Å²) >= 11 is 0. The molecule has 0 aliphatic carbocycles. The molecule has 0 aliphatic rings. The highest BCUT2D eigenvalue weighted by Gasteiger charge is 2.12. The minimum Gasteiger partial charge on any atom is -0.399 e. The Morgan fingerprint density at radius 3 is 2.46 bits per heavy atom. The van der Waals surface area contributed by atoms with Crippen LogP contribution in [0.2, 0.25) is 0 Å². The van der Waals surface area contributed by atoms with Crippen molar-refractivity contribution in [2.24, 2.45) is 5.92 Å². The van der Waals surface area contributed by atoms with Gasteiger partial charge in [-0.3, -0.25) is 4.79 Å². The molecule has 0 spiro atoms. The van der Waals surface area contributed by atoms with E-state index in [1.165, 1.54) is 0 Å². The van der Waals surface area contributed by atoms with Crippen LogP contribution in [0, 0.1) is 12.8 Å². The Kier molecular flexibility index (Phi) is 2.71. The van der Waals surface area contributed by atoms with Crippen LogP contribution in [0.3, 0.4) is 0 Å². The van der Waals surface area contributed by atoms with Gasteiger partial charge < -0.3 is 5.73 Å². The Labute approximate surface area is 78.8 Å². The van der Waals surface area contributed by atoms with Crippen LogP contribution < -0.4 is 5.73 Å². The average Bonchev–Trinajstić information content (AvgIpc) is 2.03. The number of carbonyl (C=O) groups excluding carboxylic acids is 1. The van der Waals surface area contributed by atoms with E-state index >= 15 is 0 Å². The molecular weight excluding hydrogens is 162 g/mol. The summed E-state index contributed by atoms with van der Waals surface area (Å²) in [6.45, 7) is 5.71. The van der Waals surface area contributed by atoms with Crippen molar-refractivity contribution < 1.29 is 4.79 Å². The van der Waals surface area contributed by atoms with E-state index in [0.29, 0.717) is 5.69 Å². The summed E-state index contributed by atoms with van der Waals surface area (Å²) in [5.74, 6) is 0.222. The first-order valence-corrected chi connectivity index (χ1v) is 4.42. The van der Waals surface area contributed by atoms with Crippen molar-refractivity contribution in [3.63, 3.8) is 0 Å². The van der Waals surface area contributed by atoms with Gasteiger partial charge in [0, 0.05) is 17.2 Å². The van der Waals surface area contributed by atoms with Crippen molar-refractivity contribution in [1.29, 1.82) is 0 Å². The zero-order chi connectivity index (χ0) is 10.0. The number of rotatable bonds is 2. The Morgan fingerprint density at radius 1 is 1.38 bits per heavy atom. The maximum atomic E-state index is 11.6. The fourth-order valence-electron chi connectivity index (χ4n) is 1.27. The van der Waals surface area contributed by atoms with Crippen LogP contribution >= 0.6 is 0 Å². The SMILES string of the molecule is Cc1cc(N)ccc1C(=O)C(C)C. The smallest absolute Gasteiger partial charge is 0.165 e. The Bertz CT molecular complexity index is 329. The van der Waals surface area contributed by atoms with Crippen molar-refractivity contribution in [1.82, 2.24) is 0 Å². The molecular formula is C11H15NO. The summed E-state index contributed by atoms with van der Waals surface area (Å²) in [5, 5.41) is 0. The highest BCUT2D eigenvalue weighted by Crippen LogP contribution is 2.16. The molecule has 2 nitrogen and oxygen atoms in total. The lowest BCUT2D eigenvalue weighted by Crippen LogP contribution is -2.09. The Morgan fingerprint density at radius 2 is 2.00 bits per heavy atom. The quantitative estimate of drug-likeness (QED) is 0.557. The second-order valence-corrected chi connectivity index (χ2v) is 3.59.